The number of hydrogen-bond acceptors (Lipinski definition) is 2. The summed E-state index contributed by atoms with van der Waals surface area (Å²) in [6.07, 6.45) is 5.11. The summed E-state index contributed by atoms with van der Waals surface area (Å²) in [5, 5.41) is 7.81. The average molecular weight is 203 g/mol. The maximum Gasteiger partial charge on any atom is 0.123 e. The van der Waals surface area contributed by atoms with Crippen molar-refractivity contribution in [3.05, 3.63) is 54.4 Å². The Balaban J connectivity index is 2.11. The second-order valence-electron chi connectivity index (χ2n) is 3.22. The van der Waals surface area contributed by atoms with Crippen LogP contribution in [0.2, 0.25) is 0 Å². The number of nitrogens with zero attached hydrogens (tertiary/aromatic N) is 2. The molecule has 1 aromatic heterocycles. The highest BCUT2D eigenvalue weighted by Crippen LogP contribution is 2.04. The summed E-state index contributed by atoms with van der Waals surface area (Å²) in [6, 6.07) is 5.93. The largest absolute Gasteiger partial charge is 0.331 e. The van der Waals surface area contributed by atoms with E-state index in [2.05, 4.69) is 4.98 Å². The quantitative estimate of drug-likeness (QED) is 0.762. The van der Waals surface area contributed by atoms with Gasteiger partial charge in [-0.05, 0) is 17.7 Å². The molecule has 0 saturated carbocycles. The molecule has 0 aliphatic rings. The van der Waals surface area contributed by atoms with E-state index in [1.165, 1.54) is 12.1 Å². The van der Waals surface area contributed by atoms with Crippen LogP contribution >= 0.6 is 0 Å². The highest BCUT2D eigenvalue weighted by molar-refractivity contribution is 5.97. The van der Waals surface area contributed by atoms with E-state index in [1.807, 2.05) is 0 Å². The van der Waals surface area contributed by atoms with E-state index in [0.29, 0.717) is 12.3 Å². The van der Waals surface area contributed by atoms with Gasteiger partial charge >= 0.3 is 0 Å². The van der Waals surface area contributed by atoms with E-state index in [9.17, 15) is 4.39 Å². The summed E-state index contributed by atoms with van der Waals surface area (Å²) < 4.78 is 14.4. The topological polar surface area (TPSA) is 41.7 Å². The van der Waals surface area contributed by atoms with Gasteiger partial charge in [0.05, 0.1) is 18.6 Å². The predicted molar refractivity (Wildman–Crippen MR) is 55.5 cm³/mol. The molecule has 0 fully saturated rings. The van der Waals surface area contributed by atoms with Crippen molar-refractivity contribution < 1.29 is 4.39 Å². The molecule has 4 heteroatoms. The van der Waals surface area contributed by atoms with Gasteiger partial charge in [0.1, 0.15) is 5.82 Å². The fourth-order valence-electron chi connectivity index (χ4n) is 1.31. The first-order valence-corrected chi connectivity index (χ1v) is 4.55. The van der Waals surface area contributed by atoms with E-state index < -0.39 is 0 Å². The lowest BCUT2D eigenvalue weighted by atomic mass is 10.1. The third kappa shape index (κ3) is 2.28. The van der Waals surface area contributed by atoms with Gasteiger partial charge < -0.3 is 9.98 Å². The maximum atomic E-state index is 12.6. The maximum absolute atomic E-state index is 12.6. The van der Waals surface area contributed by atoms with Crippen LogP contribution in [0.25, 0.3) is 0 Å². The number of benzene rings is 1. The Kier molecular flexibility index (Phi) is 2.58. The second-order valence-corrected chi connectivity index (χ2v) is 3.22. The molecule has 0 saturated heterocycles. The molecule has 0 atom stereocenters. The lowest BCUT2D eigenvalue weighted by Gasteiger charge is -2.04. The van der Waals surface area contributed by atoms with Gasteiger partial charge in [0.25, 0.3) is 0 Å². The lowest BCUT2D eigenvalue weighted by molar-refractivity contribution is 0.627. The number of hydrogen-bond donors (Lipinski definition) is 1. The van der Waals surface area contributed by atoms with Crippen LogP contribution < -0.4 is 0 Å². The van der Waals surface area contributed by atoms with Crippen LogP contribution in [0.1, 0.15) is 5.56 Å². The van der Waals surface area contributed by atoms with Crippen molar-refractivity contribution in [2.45, 2.75) is 6.54 Å². The van der Waals surface area contributed by atoms with Gasteiger partial charge in [0.15, 0.2) is 0 Å². The van der Waals surface area contributed by atoms with Gasteiger partial charge in [-0.3, -0.25) is 0 Å². The van der Waals surface area contributed by atoms with Gasteiger partial charge in [0, 0.05) is 12.4 Å². The molecular weight excluding hydrogens is 193 g/mol. The van der Waals surface area contributed by atoms with Crippen molar-refractivity contribution in [2.24, 2.45) is 0 Å². The predicted octanol–water partition coefficient (Wildman–Crippen LogP) is 2.09. The van der Waals surface area contributed by atoms with E-state index in [0.717, 1.165) is 5.56 Å². The van der Waals surface area contributed by atoms with Gasteiger partial charge in [0.2, 0.25) is 0 Å². The molecule has 15 heavy (non-hydrogen) atoms. The molecule has 0 spiro atoms. The van der Waals surface area contributed by atoms with E-state index >= 15 is 0 Å². The minimum Gasteiger partial charge on any atom is -0.331 e. The third-order valence-electron chi connectivity index (χ3n) is 2.09. The fourth-order valence-corrected chi connectivity index (χ4v) is 1.31. The summed E-state index contributed by atoms with van der Waals surface area (Å²) in [5.74, 6) is -0.283. The first-order valence-electron chi connectivity index (χ1n) is 4.55. The molecule has 0 aliphatic carbocycles. The Morgan fingerprint density at radius 1 is 1.33 bits per heavy atom. The van der Waals surface area contributed by atoms with Crippen molar-refractivity contribution in [1.82, 2.24) is 9.55 Å². The summed E-state index contributed by atoms with van der Waals surface area (Å²) in [7, 11) is 0. The van der Waals surface area contributed by atoms with Crippen molar-refractivity contribution in [3.63, 3.8) is 0 Å². The standard InChI is InChI=1S/C11H10FN3/c12-10-3-1-9(2-4-10)11(13)7-15-6-5-14-8-15/h1-6,8,13H,7H2. The molecule has 76 valence electrons. The average Bonchev–Trinajstić information content (AvgIpc) is 2.71. The number of aromatic nitrogens is 2. The van der Waals surface area contributed by atoms with E-state index in [-0.39, 0.29) is 5.82 Å². The Morgan fingerprint density at radius 2 is 2.07 bits per heavy atom. The monoisotopic (exact) mass is 203 g/mol. The fraction of sp³-hybridized carbons (Fsp3) is 0.0909. The minimum atomic E-state index is -0.283. The molecule has 0 bridgehead atoms. The summed E-state index contributed by atoms with van der Waals surface area (Å²) in [5.41, 5.74) is 1.16. The smallest absolute Gasteiger partial charge is 0.123 e. The molecule has 1 N–H and O–H groups in total. The lowest BCUT2D eigenvalue weighted by Crippen LogP contribution is -2.08. The third-order valence-corrected chi connectivity index (χ3v) is 2.09. The summed E-state index contributed by atoms with van der Waals surface area (Å²) in [6.45, 7) is 0.450. The summed E-state index contributed by atoms with van der Waals surface area (Å²) in [4.78, 5) is 3.89. The number of halogens is 1. The van der Waals surface area contributed by atoms with Crippen LogP contribution in [0.5, 0.6) is 0 Å². The molecule has 3 nitrogen and oxygen atoms in total. The van der Waals surface area contributed by atoms with Gasteiger partial charge in [-0.15, -0.1) is 0 Å². The van der Waals surface area contributed by atoms with Crippen molar-refractivity contribution in [1.29, 1.82) is 5.41 Å². The molecule has 0 unspecified atom stereocenters. The Hall–Kier alpha value is -1.97. The Bertz CT molecular complexity index is 445. The zero-order valence-electron chi connectivity index (χ0n) is 8.02. The molecular formula is C11H10FN3. The molecule has 2 rings (SSSR count). The molecule has 2 aromatic rings. The van der Waals surface area contributed by atoms with Crippen molar-refractivity contribution in [3.8, 4) is 0 Å². The van der Waals surface area contributed by atoms with Crippen LogP contribution in [0.3, 0.4) is 0 Å². The first kappa shape index (κ1) is 9.58. The molecule has 1 heterocycles. The zero-order chi connectivity index (χ0) is 10.7. The van der Waals surface area contributed by atoms with E-state index in [4.69, 9.17) is 5.41 Å². The van der Waals surface area contributed by atoms with Crippen LogP contribution in [0.4, 0.5) is 4.39 Å². The Labute approximate surface area is 86.7 Å². The zero-order valence-corrected chi connectivity index (χ0v) is 8.02. The second kappa shape index (κ2) is 4.04. The van der Waals surface area contributed by atoms with Crippen molar-refractivity contribution in [2.75, 3.05) is 0 Å². The van der Waals surface area contributed by atoms with Crippen LogP contribution in [0, 0.1) is 11.2 Å². The first-order chi connectivity index (χ1) is 7.25. The number of nitrogens with one attached hydrogen (secondary N) is 1. The van der Waals surface area contributed by atoms with E-state index in [1.54, 1.807) is 35.4 Å². The SMILES string of the molecule is N=C(Cn1ccnc1)c1ccc(F)cc1. The highest BCUT2D eigenvalue weighted by Gasteiger charge is 2.01. The van der Waals surface area contributed by atoms with Gasteiger partial charge in [-0.2, -0.15) is 0 Å². The van der Waals surface area contributed by atoms with Crippen LogP contribution in [-0.4, -0.2) is 15.3 Å². The number of rotatable bonds is 3. The van der Waals surface area contributed by atoms with Crippen LogP contribution in [0.15, 0.2) is 43.0 Å². The molecule has 0 radical (unpaired) electrons. The van der Waals surface area contributed by atoms with Crippen LogP contribution in [-0.2, 0) is 6.54 Å². The number of imidazole rings is 1. The molecule has 0 aliphatic heterocycles. The highest BCUT2D eigenvalue weighted by atomic mass is 19.1. The normalized spacial score (nSPS) is 10.2. The van der Waals surface area contributed by atoms with Crippen molar-refractivity contribution >= 4 is 5.71 Å². The molecule has 0 amide bonds. The summed E-state index contributed by atoms with van der Waals surface area (Å²) >= 11 is 0. The minimum absolute atomic E-state index is 0.283. The van der Waals surface area contributed by atoms with Gasteiger partial charge in [-0.25, -0.2) is 9.37 Å². The molecule has 1 aromatic carbocycles. The Morgan fingerprint density at radius 3 is 2.67 bits per heavy atom. The van der Waals surface area contributed by atoms with Gasteiger partial charge in [-0.1, -0.05) is 12.1 Å².